The van der Waals surface area contributed by atoms with E-state index in [0.717, 1.165) is 5.69 Å². The van der Waals surface area contributed by atoms with Crippen LogP contribution in [0.25, 0.3) is 0 Å². The fourth-order valence-corrected chi connectivity index (χ4v) is 1.49. The first-order valence-corrected chi connectivity index (χ1v) is 6.12. The number of ether oxygens (including phenoxy) is 2. The van der Waals surface area contributed by atoms with Crippen LogP contribution in [0.1, 0.15) is 13.8 Å². The third-order valence-corrected chi connectivity index (χ3v) is 2.34. The van der Waals surface area contributed by atoms with Crippen molar-refractivity contribution in [1.82, 2.24) is 9.97 Å². The van der Waals surface area contributed by atoms with Gasteiger partial charge in [0.2, 0.25) is 11.8 Å². The summed E-state index contributed by atoms with van der Waals surface area (Å²) >= 11 is 0. The number of anilines is 1. The largest absolute Gasteiger partial charge is 0.475 e. The van der Waals surface area contributed by atoms with Crippen molar-refractivity contribution in [1.29, 1.82) is 0 Å². The highest BCUT2D eigenvalue weighted by molar-refractivity contribution is 5.46. The van der Waals surface area contributed by atoms with E-state index in [0.29, 0.717) is 17.5 Å². The molecule has 0 atom stereocenters. The molecule has 2 rings (SSSR count). The van der Waals surface area contributed by atoms with Crippen LogP contribution in [0.3, 0.4) is 0 Å². The van der Waals surface area contributed by atoms with Crippen LogP contribution < -0.4 is 14.8 Å². The van der Waals surface area contributed by atoms with Gasteiger partial charge >= 0.3 is 0 Å². The van der Waals surface area contributed by atoms with E-state index in [2.05, 4.69) is 15.3 Å². The summed E-state index contributed by atoms with van der Waals surface area (Å²) in [6, 6.07) is 9.28. The van der Waals surface area contributed by atoms with Crippen LogP contribution in [0, 0.1) is 0 Å². The van der Waals surface area contributed by atoms with E-state index >= 15 is 0 Å². The third-order valence-electron chi connectivity index (χ3n) is 2.34. The third kappa shape index (κ3) is 3.84. The van der Waals surface area contributed by atoms with Crippen molar-refractivity contribution < 1.29 is 9.47 Å². The molecule has 2 aromatic rings. The van der Waals surface area contributed by atoms with E-state index in [1.807, 2.05) is 45.2 Å². The molecule has 1 aromatic carbocycles. The summed E-state index contributed by atoms with van der Waals surface area (Å²) in [5, 5.41) is 3.05. The highest BCUT2D eigenvalue weighted by Gasteiger charge is 2.04. The molecule has 0 saturated carbocycles. The molecule has 1 N–H and O–H groups in total. The molecule has 5 heteroatoms. The fourth-order valence-electron chi connectivity index (χ4n) is 1.49. The molecule has 0 amide bonds. The van der Waals surface area contributed by atoms with Crippen LogP contribution in [-0.4, -0.2) is 23.1 Å². The minimum atomic E-state index is 0.0673. The van der Waals surface area contributed by atoms with E-state index in [-0.39, 0.29) is 6.10 Å². The molecule has 0 saturated heterocycles. The molecule has 5 nitrogen and oxygen atoms in total. The monoisotopic (exact) mass is 259 g/mol. The molecule has 1 heterocycles. The van der Waals surface area contributed by atoms with Gasteiger partial charge in [-0.1, -0.05) is 0 Å². The number of benzene rings is 1. The number of hydrogen-bond donors (Lipinski definition) is 1. The van der Waals surface area contributed by atoms with Crippen LogP contribution in [0.4, 0.5) is 5.69 Å². The molecular weight excluding hydrogens is 242 g/mol. The highest BCUT2D eigenvalue weighted by atomic mass is 16.5. The average Bonchev–Trinajstić information content (AvgIpc) is 2.39. The van der Waals surface area contributed by atoms with Gasteiger partial charge in [0.1, 0.15) is 12.1 Å². The molecule has 0 unspecified atom stereocenters. The van der Waals surface area contributed by atoms with Gasteiger partial charge in [0.25, 0.3) is 0 Å². The lowest BCUT2D eigenvalue weighted by atomic mass is 10.3. The van der Waals surface area contributed by atoms with E-state index in [1.165, 1.54) is 6.33 Å². The van der Waals surface area contributed by atoms with E-state index in [1.54, 1.807) is 6.07 Å². The molecule has 100 valence electrons. The number of nitrogens with one attached hydrogen (secondary N) is 1. The maximum absolute atomic E-state index is 5.64. The Bertz CT molecular complexity index is 526. The van der Waals surface area contributed by atoms with Gasteiger partial charge in [0, 0.05) is 12.7 Å². The SMILES string of the molecule is CNc1ccc(Oc2cc(OC(C)C)ncn2)cc1. The minimum absolute atomic E-state index is 0.0673. The Labute approximate surface area is 112 Å². The first-order valence-electron chi connectivity index (χ1n) is 6.12. The predicted molar refractivity (Wildman–Crippen MR) is 73.9 cm³/mol. The molecule has 0 spiro atoms. The van der Waals surface area contributed by atoms with E-state index in [4.69, 9.17) is 9.47 Å². The minimum Gasteiger partial charge on any atom is -0.475 e. The van der Waals surface area contributed by atoms with Crippen molar-refractivity contribution in [3.8, 4) is 17.5 Å². The van der Waals surface area contributed by atoms with Crippen molar-refractivity contribution in [2.24, 2.45) is 0 Å². The van der Waals surface area contributed by atoms with Gasteiger partial charge in [-0.15, -0.1) is 0 Å². The second kappa shape index (κ2) is 6.04. The van der Waals surface area contributed by atoms with Gasteiger partial charge in [-0.2, -0.15) is 0 Å². The van der Waals surface area contributed by atoms with Crippen molar-refractivity contribution >= 4 is 5.69 Å². The first kappa shape index (κ1) is 13.1. The maximum atomic E-state index is 5.64. The Kier molecular flexibility index (Phi) is 4.18. The molecule has 0 bridgehead atoms. The summed E-state index contributed by atoms with van der Waals surface area (Å²) in [7, 11) is 1.87. The van der Waals surface area contributed by atoms with Crippen LogP contribution in [0.2, 0.25) is 0 Å². The number of aromatic nitrogens is 2. The van der Waals surface area contributed by atoms with Crippen molar-refractivity contribution in [3.05, 3.63) is 36.7 Å². The van der Waals surface area contributed by atoms with Crippen LogP contribution in [0.15, 0.2) is 36.7 Å². The fraction of sp³-hybridized carbons (Fsp3) is 0.286. The summed E-state index contributed by atoms with van der Waals surface area (Å²) in [5.74, 6) is 1.68. The lowest BCUT2D eigenvalue weighted by molar-refractivity contribution is 0.231. The highest BCUT2D eigenvalue weighted by Crippen LogP contribution is 2.23. The Morgan fingerprint density at radius 3 is 2.37 bits per heavy atom. The summed E-state index contributed by atoms with van der Waals surface area (Å²) in [5.41, 5.74) is 1.03. The summed E-state index contributed by atoms with van der Waals surface area (Å²) in [6.07, 6.45) is 1.49. The zero-order valence-corrected chi connectivity index (χ0v) is 11.3. The van der Waals surface area contributed by atoms with Gasteiger partial charge in [-0.05, 0) is 38.1 Å². The molecule has 0 aliphatic heterocycles. The summed E-state index contributed by atoms with van der Waals surface area (Å²) in [6.45, 7) is 3.89. The second-order valence-corrected chi connectivity index (χ2v) is 4.24. The topological polar surface area (TPSA) is 56.3 Å². The first-order chi connectivity index (χ1) is 9.17. The Morgan fingerprint density at radius 1 is 1.05 bits per heavy atom. The van der Waals surface area contributed by atoms with Crippen LogP contribution in [-0.2, 0) is 0 Å². The Balaban J connectivity index is 2.09. The van der Waals surface area contributed by atoms with E-state index in [9.17, 15) is 0 Å². The molecule has 1 aromatic heterocycles. The number of hydrogen-bond acceptors (Lipinski definition) is 5. The molecular formula is C14H17N3O2. The lowest BCUT2D eigenvalue weighted by Crippen LogP contribution is -2.07. The molecule has 0 aliphatic carbocycles. The predicted octanol–water partition coefficient (Wildman–Crippen LogP) is 3.10. The zero-order valence-electron chi connectivity index (χ0n) is 11.3. The average molecular weight is 259 g/mol. The van der Waals surface area contributed by atoms with Crippen LogP contribution in [0.5, 0.6) is 17.5 Å². The van der Waals surface area contributed by atoms with E-state index < -0.39 is 0 Å². The molecule has 19 heavy (non-hydrogen) atoms. The maximum Gasteiger partial charge on any atom is 0.226 e. The van der Waals surface area contributed by atoms with Crippen molar-refractivity contribution in [2.75, 3.05) is 12.4 Å². The van der Waals surface area contributed by atoms with Gasteiger partial charge < -0.3 is 14.8 Å². The number of nitrogens with zero attached hydrogens (tertiary/aromatic N) is 2. The van der Waals surface area contributed by atoms with Crippen LogP contribution >= 0.6 is 0 Å². The standard InChI is InChI=1S/C14H17N3O2/c1-10(2)18-13-8-14(17-9-16-13)19-12-6-4-11(15-3)5-7-12/h4-10,15H,1-3H3. The van der Waals surface area contributed by atoms with Crippen molar-refractivity contribution in [3.63, 3.8) is 0 Å². The smallest absolute Gasteiger partial charge is 0.226 e. The molecule has 0 fully saturated rings. The Morgan fingerprint density at radius 2 is 1.74 bits per heavy atom. The molecule has 0 aliphatic rings. The van der Waals surface area contributed by atoms with Gasteiger partial charge in [-0.25, -0.2) is 9.97 Å². The molecule has 0 radical (unpaired) electrons. The van der Waals surface area contributed by atoms with Crippen molar-refractivity contribution in [2.45, 2.75) is 20.0 Å². The normalized spacial score (nSPS) is 10.3. The lowest BCUT2D eigenvalue weighted by Gasteiger charge is -2.10. The van der Waals surface area contributed by atoms with Gasteiger partial charge in [0.05, 0.1) is 12.2 Å². The second-order valence-electron chi connectivity index (χ2n) is 4.24. The van der Waals surface area contributed by atoms with Gasteiger partial charge in [-0.3, -0.25) is 0 Å². The quantitative estimate of drug-likeness (QED) is 0.894. The number of rotatable bonds is 5. The summed E-state index contributed by atoms with van der Waals surface area (Å²) < 4.78 is 11.1. The van der Waals surface area contributed by atoms with Gasteiger partial charge in [0.15, 0.2) is 0 Å². The Hall–Kier alpha value is -2.30. The summed E-state index contributed by atoms with van der Waals surface area (Å²) in [4.78, 5) is 8.08. The zero-order chi connectivity index (χ0) is 13.7.